The first-order valence-corrected chi connectivity index (χ1v) is 9.80. The number of rotatable bonds is 3. The van der Waals surface area contributed by atoms with E-state index in [1.54, 1.807) is 11.3 Å². The standard InChI is InChI=1S/C20H17NOS2/c1-2-13-7-9-15(10-8-13)21-20(22)18-11-14-12-23-17-6-4-3-5-16(17)19(14)24-18/h3-11H,2,12H2,1H3,(H,21,22). The number of anilines is 1. The number of aryl methyl sites for hydroxylation is 1. The Bertz CT molecular complexity index is 896. The summed E-state index contributed by atoms with van der Waals surface area (Å²) >= 11 is 3.43. The van der Waals surface area contributed by atoms with Crippen LogP contribution in [0.25, 0.3) is 10.4 Å². The van der Waals surface area contributed by atoms with Crippen molar-refractivity contribution in [2.24, 2.45) is 0 Å². The van der Waals surface area contributed by atoms with Crippen LogP contribution in [0.5, 0.6) is 0 Å². The third-order valence-corrected chi connectivity index (χ3v) is 6.50. The molecule has 0 radical (unpaired) electrons. The first kappa shape index (κ1) is 15.5. The molecular formula is C20H17NOS2. The van der Waals surface area contributed by atoms with Crippen LogP contribution in [0.1, 0.15) is 27.7 Å². The van der Waals surface area contributed by atoms with E-state index in [4.69, 9.17) is 0 Å². The highest BCUT2D eigenvalue weighted by Gasteiger charge is 2.21. The fourth-order valence-corrected chi connectivity index (χ4v) is 5.14. The lowest BCUT2D eigenvalue weighted by Crippen LogP contribution is -2.10. The normalized spacial score (nSPS) is 12.4. The zero-order chi connectivity index (χ0) is 16.5. The number of hydrogen-bond acceptors (Lipinski definition) is 3. The number of carbonyl (C=O) groups excluding carboxylic acids is 1. The van der Waals surface area contributed by atoms with E-state index in [1.165, 1.54) is 26.5 Å². The van der Waals surface area contributed by atoms with Crippen LogP contribution < -0.4 is 5.32 Å². The Hall–Kier alpha value is -2.04. The van der Waals surface area contributed by atoms with Crippen molar-refractivity contribution in [3.05, 3.63) is 70.6 Å². The van der Waals surface area contributed by atoms with E-state index < -0.39 is 0 Å². The molecule has 0 unspecified atom stereocenters. The summed E-state index contributed by atoms with van der Waals surface area (Å²) in [6, 6.07) is 18.5. The monoisotopic (exact) mass is 351 g/mol. The van der Waals surface area contributed by atoms with Crippen LogP contribution >= 0.6 is 23.1 Å². The summed E-state index contributed by atoms with van der Waals surface area (Å²) in [6.45, 7) is 2.12. The number of thioether (sulfide) groups is 1. The van der Waals surface area contributed by atoms with Crippen LogP contribution in [0.3, 0.4) is 0 Å². The van der Waals surface area contributed by atoms with Crippen molar-refractivity contribution < 1.29 is 4.79 Å². The van der Waals surface area contributed by atoms with E-state index in [-0.39, 0.29) is 5.91 Å². The molecule has 1 amide bonds. The number of amides is 1. The summed E-state index contributed by atoms with van der Waals surface area (Å²) in [5.74, 6) is 0.905. The lowest BCUT2D eigenvalue weighted by Gasteiger charge is -2.14. The largest absolute Gasteiger partial charge is 0.321 e. The van der Waals surface area contributed by atoms with Crippen LogP contribution in [-0.2, 0) is 12.2 Å². The zero-order valence-electron chi connectivity index (χ0n) is 13.3. The van der Waals surface area contributed by atoms with Crippen molar-refractivity contribution in [2.75, 3.05) is 5.32 Å². The zero-order valence-corrected chi connectivity index (χ0v) is 15.0. The highest BCUT2D eigenvalue weighted by Crippen LogP contribution is 2.45. The van der Waals surface area contributed by atoms with Crippen molar-refractivity contribution in [3.8, 4) is 10.4 Å². The van der Waals surface area contributed by atoms with Crippen LogP contribution in [0.2, 0.25) is 0 Å². The van der Waals surface area contributed by atoms with Gasteiger partial charge in [0.2, 0.25) is 0 Å². The van der Waals surface area contributed by atoms with Gasteiger partial charge in [0.1, 0.15) is 0 Å². The first-order chi connectivity index (χ1) is 11.7. The number of thiophene rings is 1. The van der Waals surface area contributed by atoms with Crippen LogP contribution in [0.4, 0.5) is 5.69 Å². The molecule has 2 aromatic carbocycles. The smallest absolute Gasteiger partial charge is 0.265 e. The van der Waals surface area contributed by atoms with Gasteiger partial charge in [0.05, 0.1) is 4.88 Å². The Labute approximate surface area is 149 Å². The summed E-state index contributed by atoms with van der Waals surface area (Å²) in [4.78, 5) is 15.9. The molecule has 0 saturated heterocycles. The molecule has 0 atom stereocenters. The maximum absolute atomic E-state index is 12.6. The van der Waals surface area contributed by atoms with E-state index in [0.29, 0.717) is 0 Å². The summed E-state index contributed by atoms with van der Waals surface area (Å²) in [7, 11) is 0. The average Bonchev–Trinajstić information content (AvgIpc) is 3.07. The molecule has 2 heterocycles. The van der Waals surface area contributed by atoms with Crippen molar-refractivity contribution in [1.29, 1.82) is 0 Å². The van der Waals surface area contributed by atoms with Crippen LogP contribution in [0, 0.1) is 0 Å². The average molecular weight is 351 g/mol. The minimum Gasteiger partial charge on any atom is -0.321 e. The molecule has 0 saturated carbocycles. The van der Waals surface area contributed by atoms with E-state index >= 15 is 0 Å². The molecule has 1 aliphatic heterocycles. The fraction of sp³-hybridized carbons (Fsp3) is 0.150. The molecule has 4 heteroatoms. The molecule has 0 fully saturated rings. The van der Waals surface area contributed by atoms with Gasteiger partial charge in [0.25, 0.3) is 5.91 Å². The quantitative estimate of drug-likeness (QED) is 0.642. The van der Waals surface area contributed by atoms with Gasteiger partial charge in [-0.15, -0.1) is 23.1 Å². The molecule has 120 valence electrons. The highest BCUT2D eigenvalue weighted by molar-refractivity contribution is 7.98. The Morgan fingerprint density at radius 2 is 1.92 bits per heavy atom. The van der Waals surface area contributed by atoms with Gasteiger partial charge in [-0.25, -0.2) is 0 Å². The Morgan fingerprint density at radius 1 is 1.12 bits per heavy atom. The topological polar surface area (TPSA) is 29.1 Å². The summed E-state index contributed by atoms with van der Waals surface area (Å²) in [5.41, 5.74) is 4.63. The van der Waals surface area contributed by atoms with Gasteiger partial charge >= 0.3 is 0 Å². The third-order valence-electron chi connectivity index (χ3n) is 4.17. The van der Waals surface area contributed by atoms with Gasteiger partial charge in [0.15, 0.2) is 0 Å². The molecule has 24 heavy (non-hydrogen) atoms. The summed E-state index contributed by atoms with van der Waals surface area (Å²) < 4.78 is 0. The second-order valence-corrected chi connectivity index (χ2v) is 7.82. The third kappa shape index (κ3) is 2.87. The molecule has 0 spiro atoms. The molecular weight excluding hydrogens is 334 g/mol. The van der Waals surface area contributed by atoms with Gasteiger partial charge in [-0.05, 0) is 41.8 Å². The summed E-state index contributed by atoms with van der Waals surface area (Å²) in [5, 5.41) is 3.01. The van der Waals surface area contributed by atoms with Crippen molar-refractivity contribution in [3.63, 3.8) is 0 Å². The molecule has 4 rings (SSSR count). The maximum atomic E-state index is 12.6. The molecule has 1 N–H and O–H groups in total. The van der Waals surface area contributed by atoms with Crippen molar-refractivity contribution in [1.82, 2.24) is 0 Å². The minimum absolute atomic E-state index is 0.0267. The Balaban J connectivity index is 1.59. The Morgan fingerprint density at radius 3 is 2.71 bits per heavy atom. The molecule has 0 aliphatic carbocycles. The van der Waals surface area contributed by atoms with E-state index in [9.17, 15) is 4.79 Å². The predicted octanol–water partition coefficient (Wildman–Crippen LogP) is 5.84. The van der Waals surface area contributed by atoms with Crippen LogP contribution in [0.15, 0.2) is 59.5 Å². The number of carbonyl (C=O) groups is 1. The van der Waals surface area contributed by atoms with Gasteiger partial charge < -0.3 is 5.32 Å². The predicted molar refractivity (Wildman–Crippen MR) is 103 cm³/mol. The molecule has 0 bridgehead atoms. The van der Waals surface area contributed by atoms with E-state index in [2.05, 4.69) is 48.6 Å². The van der Waals surface area contributed by atoms with Gasteiger partial charge in [0, 0.05) is 26.8 Å². The van der Waals surface area contributed by atoms with Crippen LogP contribution in [-0.4, -0.2) is 5.91 Å². The van der Waals surface area contributed by atoms with Gasteiger partial charge in [-0.2, -0.15) is 0 Å². The lowest BCUT2D eigenvalue weighted by atomic mass is 10.1. The fourth-order valence-electron chi connectivity index (χ4n) is 2.83. The number of hydrogen-bond donors (Lipinski definition) is 1. The molecule has 1 aromatic heterocycles. The second-order valence-electron chi connectivity index (χ2n) is 5.75. The highest BCUT2D eigenvalue weighted by atomic mass is 32.2. The SMILES string of the molecule is CCc1ccc(NC(=O)c2cc3c(s2)-c2ccccc2SC3)cc1. The maximum Gasteiger partial charge on any atom is 0.265 e. The lowest BCUT2D eigenvalue weighted by molar-refractivity contribution is 0.103. The van der Waals surface area contributed by atoms with Gasteiger partial charge in [-0.1, -0.05) is 37.3 Å². The van der Waals surface area contributed by atoms with Crippen molar-refractivity contribution in [2.45, 2.75) is 24.0 Å². The Kier molecular flexibility index (Phi) is 4.17. The number of nitrogens with one attached hydrogen (secondary N) is 1. The van der Waals surface area contributed by atoms with Crippen molar-refractivity contribution >= 4 is 34.7 Å². The van der Waals surface area contributed by atoms with E-state index in [1.807, 2.05) is 30.0 Å². The number of benzene rings is 2. The first-order valence-electron chi connectivity index (χ1n) is 8.00. The minimum atomic E-state index is -0.0267. The molecule has 2 nitrogen and oxygen atoms in total. The second kappa shape index (κ2) is 6.46. The van der Waals surface area contributed by atoms with E-state index in [0.717, 1.165) is 22.7 Å². The summed E-state index contributed by atoms with van der Waals surface area (Å²) in [6.07, 6.45) is 1.00. The molecule has 1 aliphatic rings. The molecule has 3 aromatic rings. The van der Waals surface area contributed by atoms with Gasteiger partial charge in [-0.3, -0.25) is 4.79 Å². The number of fused-ring (bicyclic) bond motifs is 3.